The van der Waals surface area contributed by atoms with Gasteiger partial charge in [-0.15, -0.1) is 0 Å². The van der Waals surface area contributed by atoms with Crippen molar-refractivity contribution in [3.63, 3.8) is 0 Å². The maximum absolute atomic E-state index is 14.2. The number of fused-ring (bicyclic) bond motifs is 2. The zero-order valence-electron chi connectivity index (χ0n) is 21.7. The molecule has 1 aliphatic rings. The molecular formula is C31H29FN4O3. The second kappa shape index (κ2) is 10.4. The van der Waals surface area contributed by atoms with Gasteiger partial charge in [0.25, 0.3) is 0 Å². The van der Waals surface area contributed by atoms with Gasteiger partial charge in [0, 0.05) is 28.6 Å². The van der Waals surface area contributed by atoms with Gasteiger partial charge in [-0.2, -0.15) is 5.10 Å². The van der Waals surface area contributed by atoms with Crippen LogP contribution in [0.25, 0.3) is 32.8 Å². The molecule has 0 saturated heterocycles. The van der Waals surface area contributed by atoms with Crippen LogP contribution in [0.2, 0.25) is 0 Å². The smallest absolute Gasteiger partial charge is 0.310 e. The summed E-state index contributed by atoms with van der Waals surface area (Å²) in [4.78, 5) is 16.4. The highest BCUT2D eigenvalue weighted by atomic mass is 19.1. The van der Waals surface area contributed by atoms with Crippen LogP contribution in [0, 0.1) is 5.82 Å². The summed E-state index contributed by atoms with van der Waals surface area (Å²) in [5.41, 5.74) is 10.6. The Morgan fingerprint density at radius 1 is 1.05 bits per heavy atom. The summed E-state index contributed by atoms with van der Waals surface area (Å²) in [6.07, 6.45) is 4.99. The van der Waals surface area contributed by atoms with Crippen molar-refractivity contribution in [3.05, 3.63) is 83.9 Å². The summed E-state index contributed by atoms with van der Waals surface area (Å²) >= 11 is 0. The number of carbonyl (C=O) groups is 1. The molecule has 0 radical (unpaired) electrons. The largest absolute Gasteiger partial charge is 0.487 e. The first-order chi connectivity index (χ1) is 19.0. The number of anilines is 1. The Hall–Kier alpha value is -4.46. The monoisotopic (exact) mass is 524 g/mol. The molecule has 0 atom stereocenters. The van der Waals surface area contributed by atoms with Gasteiger partial charge in [0.15, 0.2) is 0 Å². The highest BCUT2D eigenvalue weighted by Crippen LogP contribution is 2.37. The maximum atomic E-state index is 14.2. The van der Waals surface area contributed by atoms with Crippen molar-refractivity contribution >= 4 is 33.5 Å². The van der Waals surface area contributed by atoms with E-state index in [9.17, 15) is 9.18 Å². The summed E-state index contributed by atoms with van der Waals surface area (Å²) in [6, 6.07) is 18.8. The van der Waals surface area contributed by atoms with Crippen molar-refractivity contribution < 1.29 is 18.7 Å². The van der Waals surface area contributed by atoms with Crippen LogP contribution in [0.5, 0.6) is 5.75 Å². The summed E-state index contributed by atoms with van der Waals surface area (Å²) in [5, 5.41) is 7.83. The predicted octanol–water partition coefficient (Wildman–Crippen LogP) is 6.38. The van der Waals surface area contributed by atoms with E-state index < -0.39 is 5.82 Å². The van der Waals surface area contributed by atoms with Gasteiger partial charge in [0.2, 0.25) is 0 Å². The van der Waals surface area contributed by atoms with Crippen molar-refractivity contribution in [2.75, 3.05) is 12.3 Å². The van der Waals surface area contributed by atoms with Gasteiger partial charge < -0.3 is 15.2 Å². The third-order valence-corrected chi connectivity index (χ3v) is 7.38. The number of hydrogen-bond acceptors (Lipinski definition) is 6. The van der Waals surface area contributed by atoms with Gasteiger partial charge in [0.1, 0.15) is 24.0 Å². The Balaban J connectivity index is 1.37. The van der Waals surface area contributed by atoms with Crippen molar-refractivity contribution in [2.45, 2.75) is 45.3 Å². The summed E-state index contributed by atoms with van der Waals surface area (Å²) in [7, 11) is 0. The lowest BCUT2D eigenvalue weighted by Gasteiger charge is -2.27. The normalized spacial score (nSPS) is 13.5. The number of rotatable bonds is 8. The van der Waals surface area contributed by atoms with Gasteiger partial charge in [-0.1, -0.05) is 24.3 Å². The number of esters is 1. The number of carbonyl (C=O) groups excluding carboxylic acids is 1. The number of aromatic nitrogens is 3. The lowest BCUT2D eigenvalue weighted by Crippen LogP contribution is -2.21. The number of nitrogens with two attached hydrogens (primary N) is 1. The Labute approximate surface area is 225 Å². The summed E-state index contributed by atoms with van der Waals surface area (Å²) < 4.78 is 27.5. The minimum atomic E-state index is -0.428. The minimum Gasteiger partial charge on any atom is -0.487 e. The number of benzene rings is 3. The number of ether oxygens (including phenoxy) is 2. The lowest BCUT2D eigenvalue weighted by molar-refractivity contribution is -0.142. The quantitative estimate of drug-likeness (QED) is 0.237. The number of hydrogen-bond donors (Lipinski definition) is 1. The molecule has 198 valence electrons. The molecule has 7 nitrogen and oxygen atoms in total. The second-order valence-corrected chi connectivity index (χ2v) is 9.86. The predicted molar refractivity (Wildman–Crippen MR) is 149 cm³/mol. The molecule has 0 aliphatic heterocycles. The number of pyridine rings is 1. The van der Waals surface area contributed by atoms with Crippen molar-refractivity contribution in [1.29, 1.82) is 0 Å². The fraction of sp³-hybridized carbons (Fsp3) is 0.258. The minimum absolute atomic E-state index is 0.0101. The summed E-state index contributed by atoms with van der Waals surface area (Å²) in [6.45, 7) is 2.22. The van der Waals surface area contributed by atoms with E-state index in [1.165, 1.54) is 12.1 Å². The van der Waals surface area contributed by atoms with Crippen LogP contribution >= 0.6 is 0 Å². The van der Waals surface area contributed by atoms with Crippen LogP contribution in [-0.4, -0.2) is 27.3 Å². The van der Waals surface area contributed by atoms with Crippen molar-refractivity contribution in [2.24, 2.45) is 0 Å². The van der Waals surface area contributed by atoms with E-state index in [0.29, 0.717) is 23.2 Å². The average molecular weight is 525 g/mol. The van der Waals surface area contributed by atoms with E-state index in [1.54, 1.807) is 19.2 Å². The highest BCUT2D eigenvalue weighted by molar-refractivity contribution is 5.95. The topological polar surface area (TPSA) is 92.3 Å². The fourth-order valence-electron chi connectivity index (χ4n) is 5.10. The molecule has 2 heterocycles. The van der Waals surface area contributed by atoms with E-state index >= 15 is 0 Å². The Morgan fingerprint density at radius 2 is 1.85 bits per heavy atom. The molecule has 5 aromatic rings. The van der Waals surface area contributed by atoms with E-state index in [-0.39, 0.29) is 25.6 Å². The maximum Gasteiger partial charge on any atom is 0.310 e. The van der Waals surface area contributed by atoms with Crippen LogP contribution in [0.3, 0.4) is 0 Å². The van der Waals surface area contributed by atoms with E-state index in [1.807, 2.05) is 18.2 Å². The fourth-order valence-corrected chi connectivity index (χ4v) is 5.10. The van der Waals surface area contributed by atoms with Crippen molar-refractivity contribution in [3.8, 4) is 16.9 Å². The first-order valence-corrected chi connectivity index (χ1v) is 13.2. The molecule has 2 N–H and O–H groups in total. The molecule has 2 aromatic heterocycles. The van der Waals surface area contributed by atoms with Gasteiger partial charge in [-0.05, 0) is 73.0 Å². The molecule has 0 spiro atoms. The SMILES string of the molecule is CCOC(=O)Cc1ccc(F)cc1OCc1c2cc(-c3ccc4ccnc(N)c4c3)ccc2nn1C1CCC1. The number of halogens is 1. The molecule has 0 amide bonds. The Bertz CT molecular complexity index is 1690. The molecule has 1 saturated carbocycles. The van der Waals surface area contributed by atoms with Crippen LogP contribution in [0.4, 0.5) is 10.2 Å². The van der Waals surface area contributed by atoms with Crippen LogP contribution in [0.1, 0.15) is 43.5 Å². The van der Waals surface area contributed by atoms with Gasteiger partial charge >= 0.3 is 5.97 Å². The van der Waals surface area contributed by atoms with Crippen LogP contribution in [-0.2, 0) is 22.6 Å². The molecule has 1 fully saturated rings. The zero-order valence-corrected chi connectivity index (χ0v) is 21.7. The Kier molecular flexibility index (Phi) is 6.60. The standard InChI is InChI=1S/C31H29FN4O3/c1-2-38-30(37)16-22-8-10-23(32)17-29(22)39-18-28-26-15-21(9-11-27(26)35-36(28)24-4-3-5-24)20-7-6-19-12-13-34-31(33)25(19)14-20/h6-15,17,24H,2-5,16,18H2,1H3,(H2,33,34). The first kappa shape index (κ1) is 24.9. The molecule has 0 bridgehead atoms. The van der Waals surface area contributed by atoms with Crippen LogP contribution in [0.15, 0.2) is 66.9 Å². The molecular weight excluding hydrogens is 495 g/mol. The molecule has 8 heteroatoms. The first-order valence-electron chi connectivity index (χ1n) is 13.2. The van der Waals surface area contributed by atoms with Gasteiger partial charge in [-0.25, -0.2) is 9.37 Å². The number of nitrogens with zero attached hydrogens (tertiary/aromatic N) is 3. The van der Waals surface area contributed by atoms with E-state index in [0.717, 1.165) is 57.8 Å². The van der Waals surface area contributed by atoms with E-state index in [2.05, 4.69) is 33.9 Å². The average Bonchev–Trinajstić information content (AvgIpc) is 3.25. The van der Waals surface area contributed by atoms with Gasteiger partial charge in [0.05, 0.1) is 30.3 Å². The highest BCUT2D eigenvalue weighted by Gasteiger charge is 2.25. The van der Waals surface area contributed by atoms with Crippen molar-refractivity contribution in [1.82, 2.24) is 14.8 Å². The number of nitrogen functional groups attached to an aromatic ring is 1. The lowest BCUT2D eigenvalue weighted by atomic mass is 9.93. The molecule has 0 unspecified atom stereocenters. The third-order valence-electron chi connectivity index (χ3n) is 7.38. The van der Waals surface area contributed by atoms with E-state index in [4.69, 9.17) is 20.3 Å². The summed E-state index contributed by atoms with van der Waals surface area (Å²) in [5.74, 6) is 0.0133. The molecule has 1 aliphatic carbocycles. The molecule has 3 aromatic carbocycles. The van der Waals surface area contributed by atoms with Crippen LogP contribution < -0.4 is 10.5 Å². The molecule has 39 heavy (non-hydrogen) atoms. The zero-order chi connectivity index (χ0) is 26.9. The third kappa shape index (κ3) is 4.90. The molecule has 6 rings (SSSR count). The van der Waals surface area contributed by atoms with Gasteiger partial charge in [-0.3, -0.25) is 9.48 Å². The second-order valence-electron chi connectivity index (χ2n) is 9.86. The Morgan fingerprint density at radius 3 is 2.62 bits per heavy atom.